The lowest BCUT2D eigenvalue weighted by molar-refractivity contribution is -0.134. The Kier molecular flexibility index (Phi) is 5.25. The number of fused-ring (bicyclic) bond motifs is 2. The number of ether oxygens (including phenoxy) is 1. The molecule has 2 aromatic heterocycles. The second-order valence-corrected chi connectivity index (χ2v) is 7.51. The van der Waals surface area contributed by atoms with Crippen LogP contribution in [0.15, 0.2) is 42.6 Å². The van der Waals surface area contributed by atoms with Gasteiger partial charge in [-0.3, -0.25) is 0 Å². The van der Waals surface area contributed by atoms with Gasteiger partial charge in [0, 0.05) is 39.9 Å². The molecule has 2 heterocycles. The smallest absolute Gasteiger partial charge is 0.432 e. The predicted molar refractivity (Wildman–Crippen MR) is 115 cm³/mol. The van der Waals surface area contributed by atoms with Gasteiger partial charge in [0.15, 0.2) is 11.6 Å². The molecule has 0 aliphatic carbocycles. The number of aromatic nitrogens is 3. The van der Waals surface area contributed by atoms with E-state index in [0.29, 0.717) is 33.1 Å². The fourth-order valence-corrected chi connectivity index (χ4v) is 3.87. The first-order valence-electron chi connectivity index (χ1n) is 9.73. The van der Waals surface area contributed by atoms with E-state index in [2.05, 4.69) is 5.10 Å². The maximum Gasteiger partial charge on any atom is 0.432 e. The molecule has 0 atom stereocenters. The largest absolute Gasteiger partial charge is 0.466 e. The van der Waals surface area contributed by atoms with Crippen LogP contribution in [0.2, 0.25) is 0 Å². The van der Waals surface area contributed by atoms with Gasteiger partial charge < -0.3 is 14.4 Å². The number of rotatable bonds is 4. The molecule has 4 rings (SSSR count). The van der Waals surface area contributed by atoms with Gasteiger partial charge >= 0.3 is 12.1 Å². The van der Waals surface area contributed by atoms with Crippen molar-refractivity contribution < 1.29 is 28.2 Å². The molecule has 2 aromatic carbocycles. The van der Waals surface area contributed by atoms with E-state index in [9.17, 15) is 23.5 Å². The lowest BCUT2D eigenvalue weighted by atomic mass is 10.0. The number of hydrogen-bond acceptors (Lipinski definition) is 4. The molecule has 0 amide bonds. The SMILES string of the molecule is COC(=O)C=Cc1c(C(C)C)n(-c2ccc(F)c(F)c2)c2cc3cnn(C(=O)O)c3cc12. The Morgan fingerprint density at radius 1 is 1.12 bits per heavy atom. The van der Waals surface area contributed by atoms with E-state index in [1.54, 1.807) is 22.8 Å². The highest BCUT2D eigenvalue weighted by Crippen LogP contribution is 2.37. The van der Waals surface area contributed by atoms with Gasteiger partial charge in [0.1, 0.15) is 0 Å². The van der Waals surface area contributed by atoms with Crippen LogP contribution in [0.4, 0.5) is 13.6 Å². The second kappa shape index (κ2) is 7.92. The Bertz CT molecular complexity index is 1420. The third kappa shape index (κ3) is 3.41. The van der Waals surface area contributed by atoms with Crippen molar-refractivity contribution in [2.24, 2.45) is 0 Å². The summed E-state index contributed by atoms with van der Waals surface area (Å²) in [5.74, 6) is -2.62. The lowest BCUT2D eigenvalue weighted by Crippen LogP contribution is -2.08. The van der Waals surface area contributed by atoms with Gasteiger partial charge in [-0.25, -0.2) is 18.4 Å². The van der Waals surface area contributed by atoms with Crippen molar-refractivity contribution >= 4 is 39.9 Å². The van der Waals surface area contributed by atoms with E-state index in [1.807, 2.05) is 13.8 Å². The molecule has 0 unspecified atom stereocenters. The number of carbonyl (C=O) groups is 2. The van der Waals surface area contributed by atoms with Crippen LogP contribution in [0, 0.1) is 11.6 Å². The van der Waals surface area contributed by atoms with Crippen molar-refractivity contribution in [1.82, 2.24) is 14.3 Å². The molecule has 1 N–H and O–H groups in total. The molecule has 0 bridgehead atoms. The summed E-state index contributed by atoms with van der Waals surface area (Å²) in [6, 6.07) is 7.00. The molecule has 0 saturated carbocycles. The number of carbonyl (C=O) groups excluding carboxylic acids is 1. The highest BCUT2D eigenvalue weighted by Gasteiger charge is 2.22. The highest BCUT2D eigenvalue weighted by atomic mass is 19.2. The molecule has 32 heavy (non-hydrogen) atoms. The molecule has 0 aliphatic heterocycles. The summed E-state index contributed by atoms with van der Waals surface area (Å²) in [6.45, 7) is 3.86. The Morgan fingerprint density at radius 2 is 1.88 bits per heavy atom. The number of carboxylic acid groups (broad SMARTS) is 1. The minimum atomic E-state index is -1.24. The van der Waals surface area contributed by atoms with Crippen molar-refractivity contribution in [2.45, 2.75) is 19.8 Å². The summed E-state index contributed by atoms with van der Waals surface area (Å²) < 4.78 is 35.0. The van der Waals surface area contributed by atoms with Crippen molar-refractivity contribution in [3.05, 3.63) is 65.5 Å². The second-order valence-electron chi connectivity index (χ2n) is 7.51. The minimum absolute atomic E-state index is 0.0908. The van der Waals surface area contributed by atoms with E-state index < -0.39 is 23.7 Å². The molecule has 0 radical (unpaired) electrons. The molecular weight excluding hydrogens is 420 g/mol. The Labute approximate surface area is 181 Å². The Morgan fingerprint density at radius 3 is 2.50 bits per heavy atom. The van der Waals surface area contributed by atoms with Crippen molar-refractivity contribution in [3.63, 3.8) is 0 Å². The quantitative estimate of drug-likeness (QED) is 0.353. The zero-order chi connectivity index (χ0) is 23.2. The first kappa shape index (κ1) is 21.2. The van der Waals surface area contributed by atoms with Crippen LogP contribution < -0.4 is 0 Å². The topological polar surface area (TPSA) is 86.4 Å². The van der Waals surface area contributed by atoms with Gasteiger partial charge in [-0.2, -0.15) is 9.78 Å². The summed E-state index contributed by atoms with van der Waals surface area (Å²) >= 11 is 0. The standard InChI is InChI=1S/C23H19F2N3O4/c1-12(2)22-15(5-7-21(29)32-3)16-10-19-13(11-26-28(19)23(30)31)8-20(16)27(22)14-4-6-17(24)18(25)9-14/h4-12H,1-3H3,(H,30,31). The average Bonchev–Trinajstić information content (AvgIpc) is 3.31. The molecule has 164 valence electrons. The number of halogens is 2. The summed E-state index contributed by atoms with van der Waals surface area (Å²) in [5, 5.41) is 14.5. The first-order chi connectivity index (χ1) is 15.2. The van der Waals surface area contributed by atoms with Crippen LogP contribution in [0.1, 0.15) is 31.0 Å². The maximum atomic E-state index is 14.1. The maximum absolute atomic E-state index is 14.1. The minimum Gasteiger partial charge on any atom is -0.466 e. The van der Waals surface area contributed by atoms with E-state index in [4.69, 9.17) is 4.74 Å². The van der Waals surface area contributed by atoms with E-state index in [0.717, 1.165) is 22.5 Å². The zero-order valence-corrected chi connectivity index (χ0v) is 17.5. The molecular formula is C23H19F2N3O4. The van der Waals surface area contributed by atoms with Crippen molar-refractivity contribution in [2.75, 3.05) is 7.11 Å². The number of methoxy groups -OCH3 is 1. The summed E-state index contributed by atoms with van der Waals surface area (Å²) in [6.07, 6.45) is 3.02. The van der Waals surface area contributed by atoms with Crippen molar-refractivity contribution in [1.29, 1.82) is 0 Å². The van der Waals surface area contributed by atoms with Gasteiger partial charge in [-0.1, -0.05) is 13.8 Å². The number of hydrogen-bond donors (Lipinski definition) is 1. The van der Waals surface area contributed by atoms with Gasteiger partial charge in [-0.15, -0.1) is 0 Å². The molecule has 0 aliphatic rings. The third-order valence-corrected chi connectivity index (χ3v) is 5.21. The summed E-state index contributed by atoms with van der Waals surface area (Å²) in [4.78, 5) is 23.3. The van der Waals surface area contributed by atoms with Crippen LogP contribution >= 0.6 is 0 Å². The molecule has 9 heteroatoms. The highest BCUT2D eigenvalue weighted by molar-refractivity contribution is 6.04. The third-order valence-electron chi connectivity index (χ3n) is 5.21. The van der Waals surface area contributed by atoms with Gasteiger partial charge in [0.25, 0.3) is 0 Å². The molecule has 0 saturated heterocycles. The molecule has 7 nitrogen and oxygen atoms in total. The zero-order valence-electron chi connectivity index (χ0n) is 17.5. The Balaban J connectivity index is 2.15. The van der Waals surface area contributed by atoms with Crippen LogP contribution in [-0.2, 0) is 9.53 Å². The predicted octanol–water partition coefficient (Wildman–Crippen LogP) is 5.09. The van der Waals surface area contributed by atoms with Gasteiger partial charge in [-0.05, 0) is 36.3 Å². The lowest BCUT2D eigenvalue weighted by Gasteiger charge is -2.15. The number of esters is 1. The van der Waals surface area contributed by atoms with Crippen LogP contribution in [0.25, 0.3) is 33.6 Å². The van der Waals surface area contributed by atoms with Crippen molar-refractivity contribution in [3.8, 4) is 5.69 Å². The molecule has 4 aromatic rings. The van der Waals surface area contributed by atoms with E-state index >= 15 is 0 Å². The fourth-order valence-electron chi connectivity index (χ4n) is 3.87. The van der Waals surface area contributed by atoms with Crippen LogP contribution in [0.3, 0.4) is 0 Å². The summed E-state index contributed by atoms with van der Waals surface area (Å²) in [7, 11) is 1.26. The van der Waals surface area contributed by atoms with Gasteiger partial charge in [0.2, 0.25) is 0 Å². The first-order valence-corrected chi connectivity index (χ1v) is 9.73. The fraction of sp³-hybridized carbons (Fsp3) is 0.174. The molecule has 0 spiro atoms. The number of nitrogens with zero attached hydrogens (tertiary/aromatic N) is 3. The molecule has 0 fully saturated rings. The monoisotopic (exact) mass is 439 g/mol. The van der Waals surface area contributed by atoms with E-state index in [1.165, 1.54) is 25.4 Å². The van der Waals surface area contributed by atoms with Gasteiger partial charge in [0.05, 0.1) is 24.3 Å². The van der Waals surface area contributed by atoms with Crippen LogP contribution in [-0.4, -0.2) is 38.6 Å². The summed E-state index contributed by atoms with van der Waals surface area (Å²) in [5.41, 5.74) is 2.73. The van der Waals surface area contributed by atoms with E-state index in [-0.39, 0.29) is 5.92 Å². The Hall–Kier alpha value is -4.01. The normalized spacial score (nSPS) is 11.8. The average molecular weight is 439 g/mol. The van der Waals surface area contributed by atoms with Crippen LogP contribution in [0.5, 0.6) is 0 Å². The number of benzene rings is 2.